The zero-order valence-electron chi connectivity index (χ0n) is 37.2. The van der Waals surface area contributed by atoms with Crippen LogP contribution in [0.2, 0.25) is 0 Å². The Morgan fingerprint density at radius 2 is 1.09 bits per heavy atom. The topological polar surface area (TPSA) is 89.4 Å². The first kappa shape index (κ1) is 48.4. The maximum absolute atomic E-state index is 9.16. The molecule has 0 atom stereocenters. The molecule has 1 aromatic heterocycles. The Labute approximate surface area is 346 Å². The fourth-order valence-electron chi connectivity index (χ4n) is 6.40. The molecule has 57 heavy (non-hydrogen) atoms. The van der Waals surface area contributed by atoms with E-state index in [9.17, 15) is 0 Å². The van der Waals surface area contributed by atoms with Crippen molar-refractivity contribution in [3.05, 3.63) is 149 Å². The molecular formula is C52H74N2O3. The van der Waals surface area contributed by atoms with Crippen LogP contribution in [0.5, 0.6) is 17.2 Å². The minimum Gasteiger partial charge on any atom is -0.508 e. The highest BCUT2D eigenvalue weighted by Gasteiger charge is 2.19. The second kappa shape index (κ2) is 24.1. The first-order chi connectivity index (χ1) is 26.7. The smallest absolute Gasteiger partial charge is 0.157 e. The lowest BCUT2D eigenvalue weighted by molar-refractivity contribution is 0.403. The van der Waals surface area contributed by atoms with Gasteiger partial charge in [-0.1, -0.05) is 162 Å². The fourth-order valence-corrected chi connectivity index (χ4v) is 6.40. The Bertz CT molecular complexity index is 1840. The summed E-state index contributed by atoms with van der Waals surface area (Å²) in [5, 5.41) is 27.2. The van der Waals surface area contributed by atoms with Crippen LogP contribution in [0.15, 0.2) is 116 Å². The molecule has 1 aliphatic rings. The molecule has 0 fully saturated rings. The molecule has 5 aromatic rings. The van der Waals surface area contributed by atoms with Gasteiger partial charge in [0.1, 0.15) is 5.75 Å². The van der Waals surface area contributed by atoms with Gasteiger partial charge in [0.25, 0.3) is 0 Å². The number of rotatable bonds is 8. The molecule has 6 rings (SSSR count). The molecule has 310 valence electrons. The average Bonchev–Trinajstić information content (AvgIpc) is 3.77. The molecular weight excluding hydrogens is 701 g/mol. The number of phenols is 3. The minimum absolute atomic E-state index is 0.0341. The number of fused-ring (bicyclic) bond motifs is 1. The van der Waals surface area contributed by atoms with E-state index in [1.807, 2.05) is 24.4 Å². The number of hydrogen-bond donors (Lipinski definition) is 4. The van der Waals surface area contributed by atoms with Crippen molar-refractivity contribution in [3.63, 3.8) is 0 Å². The van der Waals surface area contributed by atoms with Crippen LogP contribution in [0.25, 0.3) is 5.57 Å². The number of phenolic OH excluding ortho intramolecular Hbond substituents is 3. The normalized spacial score (nSPS) is 11.9. The molecule has 1 heterocycles. The first-order valence-corrected chi connectivity index (χ1v) is 20.8. The van der Waals surface area contributed by atoms with Crippen molar-refractivity contribution in [2.24, 2.45) is 28.6 Å². The number of imidazole rings is 1. The molecule has 1 aliphatic carbocycles. The average molecular weight is 775 g/mol. The first-order valence-electron chi connectivity index (χ1n) is 20.8. The highest BCUT2D eigenvalue weighted by molar-refractivity contribution is 5.73. The van der Waals surface area contributed by atoms with Gasteiger partial charge < -0.3 is 20.3 Å². The third kappa shape index (κ3) is 21.9. The molecule has 0 radical (unpaired) electrons. The van der Waals surface area contributed by atoms with E-state index in [0.717, 1.165) is 37.2 Å². The van der Waals surface area contributed by atoms with Crippen LogP contribution in [0.1, 0.15) is 123 Å². The van der Waals surface area contributed by atoms with Crippen LogP contribution in [0, 0.1) is 28.6 Å². The van der Waals surface area contributed by atoms with E-state index in [1.54, 1.807) is 24.5 Å². The molecule has 5 heteroatoms. The summed E-state index contributed by atoms with van der Waals surface area (Å²) in [5.74, 6) is 2.27. The maximum atomic E-state index is 9.16. The number of aromatic nitrogens is 2. The van der Waals surface area contributed by atoms with Crippen LogP contribution in [-0.4, -0.2) is 25.3 Å². The van der Waals surface area contributed by atoms with E-state index in [4.69, 9.17) is 15.3 Å². The number of nitrogens with zero attached hydrogens (tertiary/aromatic N) is 1. The van der Waals surface area contributed by atoms with Gasteiger partial charge in [0.15, 0.2) is 11.5 Å². The predicted molar refractivity (Wildman–Crippen MR) is 244 cm³/mol. The second-order valence-electron chi connectivity index (χ2n) is 18.9. The van der Waals surface area contributed by atoms with Gasteiger partial charge in [0.2, 0.25) is 0 Å². The van der Waals surface area contributed by atoms with Crippen LogP contribution in [0.3, 0.4) is 0 Å². The standard InChI is InChI=1S/C14H18.C10H14O2.C10H14O.C10H14.C8H14N2/c1-14(2,3)10-12-9-8-11-6-4-5-7-13(11)12;1-7(2)5-8-3-4-9(11)10(12)6-8;1-8(2)7-9-3-5-10(11)6-4-9;1-9(2)8-10-6-4-3-5-7-10;1-8(2,3)4-7-5-9-6-10-7/h4-7,9H,8,10H2,1-3H3;3-4,6-7,11-12H,5H2,1-2H3;3-6,8,11H,7H2,1-2H3;3-7,9H,8H2,1-2H3;5-6H,4H2,1-3H3,(H,9,10). The zero-order chi connectivity index (χ0) is 42.6. The van der Waals surface area contributed by atoms with Gasteiger partial charge >= 0.3 is 0 Å². The van der Waals surface area contributed by atoms with Gasteiger partial charge in [-0.25, -0.2) is 4.98 Å². The van der Waals surface area contributed by atoms with E-state index in [-0.39, 0.29) is 11.5 Å². The molecule has 0 amide bonds. The Kier molecular flexibility index (Phi) is 20.5. The van der Waals surface area contributed by atoms with E-state index >= 15 is 0 Å². The van der Waals surface area contributed by atoms with Crippen molar-refractivity contribution in [3.8, 4) is 17.2 Å². The van der Waals surface area contributed by atoms with Crippen molar-refractivity contribution in [1.82, 2.24) is 9.97 Å². The van der Waals surface area contributed by atoms with Crippen molar-refractivity contribution >= 4 is 5.57 Å². The Morgan fingerprint density at radius 3 is 1.60 bits per heavy atom. The number of aromatic amines is 1. The van der Waals surface area contributed by atoms with Gasteiger partial charge in [-0.05, 0) is 125 Å². The van der Waals surface area contributed by atoms with E-state index < -0.39 is 0 Å². The van der Waals surface area contributed by atoms with Crippen LogP contribution in [0.4, 0.5) is 0 Å². The number of hydrogen-bond acceptors (Lipinski definition) is 4. The van der Waals surface area contributed by atoms with Crippen molar-refractivity contribution in [1.29, 1.82) is 0 Å². The Morgan fingerprint density at radius 1 is 0.579 bits per heavy atom. The molecule has 5 nitrogen and oxygen atoms in total. The van der Waals surface area contributed by atoms with Crippen molar-refractivity contribution in [2.45, 2.75) is 122 Å². The summed E-state index contributed by atoms with van der Waals surface area (Å²) >= 11 is 0. The summed E-state index contributed by atoms with van der Waals surface area (Å²) in [6, 6.07) is 31.7. The second-order valence-corrected chi connectivity index (χ2v) is 18.9. The van der Waals surface area contributed by atoms with Crippen LogP contribution >= 0.6 is 0 Å². The Hall–Kier alpha value is -4.77. The molecule has 4 N–H and O–H groups in total. The third-order valence-corrected chi connectivity index (χ3v) is 8.68. The SMILES string of the molecule is CC(C)(C)CC1=CCc2ccccc21.CC(C)(C)Cc1cnc[nH]1.CC(C)Cc1ccc(O)c(O)c1.CC(C)Cc1ccc(O)cc1.CC(C)Cc1ccccc1. The molecule has 0 spiro atoms. The lowest BCUT2D eigenvalue weighted by Crippen LogP contribution is -2.09. The number of benzene rings is 4. The third-order valence-electron chi connectivity index (χ3n) is 8.68. The zero-order valence-corrected chi connectivity index (χ0v) is 37.2. The maximum Gasteiger partial charge on any atom is 0.157 e. The summed E-state index contributed by atoms with van der Waals surface area (Å²) in [7, 11) is 0. The number of H-pyrrole nitrogens is 1. The van der Waals surface area contributed by atoms with Gasteiger partial charge in [0.05, 0.1) is 6.33 Å². The summed E-state index contributed by atoms with van der Waals surface area (Å²) in [6.45, 7) is 26.6. The van der Waals surface area contributed by atoms with Crippen molar-refractivity contribution in [2.75, 3.05) is 0 Å². The summed E-state index contributed by atoms with van der Waals surface area (Å²) < 4.78 is 0. The predicted octanol–water partition coefficient (Wildman–Crippen LogP) is 13.8. The van der Waals surface area contributed by atoms with E-state index in [0.29, 0.717) is 28.4 Å². The van der Waals surface area contributed by atoms with E-state index in [2.05, 4.69) is 154 Å². The van der Waals surface area contributed by atoms with Gasteiger partial charge in [0, 0.05) is 11.9 Å². The van der Waals surface area contributed by atoms with Gasteiger partial charge in [-0.15, -0.1) is 0 Å². The lowest BCUT2D eigenvalue weighted by Gasteiger charge is -2.19. The summed E-state index contributed by atoms with van der Waals surface area (Å²) in [5.41, 5.74) is 10.3. The van der Waals surface area contributed by atoms with Gasteiger partial charge in [-0.2, -0.15) is 0 Å². The fraction of sp³-hybridized carbons (Fsp3) is 0.442. The minimum atomic E-state index is -0.0532. The molecule has 4 aromatic carbocycles. The molecule has 0 saturated carbocycles. The quantitative estimate of drug-likeness (QED) is 0.118. The number of aromatic hydroxyl groups is 3. The number of nitrogens with one attached hydrogen (secondary N) is 1. The molecule has 0 aliphatic heterocycles. The Balaban J connectivity index is 0.000000247. The highest BCUT2D eigenvalue weighted by Crippen LogP contribution is 2.36. The van der Waals surface area contributed by atoms with E-state index in [1.165, 1.54) is 52.4 Å². The number of allylic oxidation sites excluding steroid dienone is 2. The van der Waals surface area contributed by atoms with Gasteiger partial charge in [-0.3, -0.25) is 0 Å². The monoisotopic (exact) mass is 775 g/mol. The highest BCUT2D eigenvalue weighted by atomic mass is 16.3. The lowest BCUT2D eigenvalue weighted by atomic mass is 9.86. The molecule has 0 saturated heterocycles. The molecule has 0 unspecified atom stereocenters. The van der Waals surface area contributed by atoms with Crippen LogP contribution in [-0.2, 0) is 32.1 Å². The molecule has 0 bridgehead atoms. The largest absolute Gasteiger partial charge is 0.508 e. The summed E-state index contributed by atoms with van der Waals surface area (Å²) in [4.78, 5) is 7.03. The summed E-state index contributed by atoms with van der Waals surface area (Å²) in [6.07, 6.45) is 12.6. The van der Waals surface area contributed by atoms with Crippen LogP contribution < -0.4 is 0 Å². The van der Waals surface area contributed by atoms with Crippen molar-refractivity contribution < 1.29 is 15.3 Å².